The van der Waals surface area contributed by atoms with Gasteiger partial charge < -0.3 is 11.1 Å². The summed E-state index contributed by atoms with van der Waals surface area (Å²) in [5, 5.41) is 13.7. The zero-order valence-corrected chi connectivity index (χ0v) is 11.4. The van der Waals surface area contributed by atoms with E-state index in [-0.39, 0.29) is 17.3 Å². The minimum absolute atomic E-state index is 0.0133. The molecule has 0 atom stereocenters. The van der Waals surface area contributed by atoms with Gasteiger partial charge in [0.1, 0.15) is 5.82 Å². The van der Waals surface area contributed by atoms with Crippen molar-refractivity contribution in [2.24, 2.45) is 0 Å². The monoisotopic (exact) mass is 286 g/mol. The van der Waals surface area contributed by atoms with E-state index in [4.69, 9.17) is 5.73 Å². The first kappa shape index (κ1) is 14.4. The van der Waals surface area contributed by atoms with Crippen LogP contribution in [0.5, 0.6) is 0 Å². The van der Waals surface area contributed by atoms with Crippen LogP contribution in [0, 0.1) is 10.1 Å². The quantitative estimate of drug-likeness (QED) is 0.496. The Hall–Kier alpha value is -2.96. The lowest BCUT2D eigenvalue weighted by Gasteiger charge is -2.07. The number of nitro groups is 1. The van der Waals surface area contributed by atoms with Crippen molar-refractivity contribution in [1.82, 2.24) is 4.98 Å². The van der Waals surface area contributed by atoms with Gasteiger partial charge in [-0.2, -0.15) is 0 Å². The Labute approximate surface area is 121 Å². The van der Waals surface area contributed by atoms with E-state index in [1.807, 2.05) is 12.1 Å². The SMILES string of the molecule is CC(=O)c1ccc(CNc2ccc([N+](=O)[O-])c(N)n2)cc1. The van der Waals surface area contributed by atoms with Crippen LogP contribution >= 0.6 is 0 Å². The first-order valence-corrected chi connectivity index (χ1v) is 6.22. The van der Waals surface area contributed by atoms with Gasteiger partial charge in [0.2, 0.25) is 5.82 Å². The molecule has 0 saturated heterocycles. The largest absolute Gasteiger partial charge is 0.378 e. The maximum absolute atomic E-state index is 11.2. The van der Waals surface area contributed by atoms with Gasteiger partial charge in [-0.1, -0.05) is 24.3 Å². The van der Waals surface area contributed by atoms with Gasteiger partial charge in [0, 0.05) is 18.2 Å². The summed E-state index contributed by atoms with van der Waals surface area (Å²) in [7, 11) is 0. The molecule has 1 heterocycles. The molecule has 0 saturated carbocycles. The van der Waals surface area contributed by atoms with Crippen molar-refractivity contribution in [3.63, 3.8) is 0 Å². The normalized spacial score (nSPS) is 10.1. The first-order chi connectivity index (χ1) is 9.97. The highest BCUT2D eigenvalue weighted by Gasteiger charge is 2.12. The van der Waals surface area contributed by atoms with E-state index in [1.165, 1.54) is 19.1 Å². The smallest absolute Gasteiger partial charge is 0.311 e. The molecule has 1 aromatic carbocycles. The van der Waals surface area contributed by atoms with Gasteiger partial charge in [-0.3, -0.25) is 14.9 Å². The molecule has 0 aliphatic heterocycles. The maximum Gasteiger partial charge on any atom is 0.311 e. The van der Waals surface area contributed by atoms with Crippen molar-refractivity contribution in [2.45, 2.75) is 13.5 Å². The molecule has 108 valence electrons. The molecule has 0 unspecified atom stereocenters. The second kappa shape index (κ2) is 6.00. The number of hydrogen-bond donors (Lipinski definition) is 2. The second-order valence-corrected chi connectivity index (χ2v) is 4.46. The Morgan fingerprint density at radius 3 is 2.48 bits per heavy atom. The number of hydrogen-bond acceptors (Lipinski definition) is 6. The van der Waals surface area contributed by atoms with Crippen LogP contribution in [0.3, 0.4) is 0 Å². The molecule has 0 aliphatic rings. The van der Waals surface area contributed by atoms with Crippen molar-refractivity contribution >= 4 is 23.1 Å². The van der Waals surface area contributed by atoms with E-state index in [9.17, 15) is 14.9 Å². The van der Waals surface area contributed by atoms with Crippen LogP contribution in [0.25, 0.3) is 0 Å². The molecule has 3 N–H and O–H groups in total. The Balaban J connectivity index is 2.04. The lowest BCUT2D eigenvalue weighted by Crippen LogP contribution is -2.05. The predicted octanol–water partition coefficient (Wildman–Crippen LogP) is 2.39. The van der Waals surface area contributed by atoms with Gasteiger partial charge in [-0.05, 0) is 18.6 Å². The summed E-state index contributed by atoms with van der Waals surface area (Å²) in [5.74, 6) is 0.338. The fraction of sp³-hybridized carbons (Fsp3) is 0.143. The standard InChI is InChI=1S/C14H14N4O3/c1-9(19)11-4-2-10(3-5-11)8-16-13-7-6-12(18(20)21)14(15)17-13/h2-7H,8H2,1H3,(H3,15,16,17). The molecular formula is C14H14N4O3. The molecule has 7 nitrogen and oxygen atoms in total. The van der Waals surface area contributed by atoms with Crippen molar-refractivity contribution in [3.8, 4) is 0 Å². The Morgan fingerprint density at radius 2 is 1.95 bits per heavy atom. The highest BCUT2D eigenvalue weighted by Crippen LogP contribution is 2.21. The van der Waals surface area contributed by atoms with E-state index in [0.29, 0.717) is 17.9 Å². The zero-order chi connectivity index (χ0) is 15.4. The molecular weight excluding hydrogens is 272 g/mol. The number of nitrogen functional groups attached to an aromatic ring is 1. The second-order valence-electron chi connectivity index (χ2n) is 4.46. The molecule has 0 spiro atoms. The number of nitrogens with two attached hydrogens (primary N) is 1. The molecule has 1 aromatic heterocycles. The topological polar surface area (TPSA) is 111 Å². The third kappa shape index (κ3) is 3.53. The minimum Gasteiger partial charge on any atom is -0.378 e. The van der Waals surface area contributed by atoms with Crippen LogP contribution in [-0.4, -0.2) is 15.7 Å². The fourth-order valence-electron chi connectivity index (χ4n) is 1.77. The van der Waals surface area contributed by atoms with Crippen LogP contribution in [0.15, 0.2) is 36.4 Å². The minimum atomic E-state index is -0.577. The molecule has 21 heavy (non-hydrogen) atoms. The van der Waals surface area contributed by atoms with E-state index >= 15 is 0 Å². The average Bonchev–Trinajstić information content (AvgIpc) is 2.45. The number of Topliss-reactive ketones (excluding diaryl/α,β-unsaturated/α-hetero) is 1. The molecule has 0 radical (unpaired) electrons. The van der Waals surface area contributed by atoms with Crippen LogP contribution < -0.4 is 11.1 Å². The average molecular weight is 286 g/mol. The molecule has 2 aromatic rings. The predicted molar refractivity (Wildman–Crippen MR) is 79.1 cm³/mol. The number of benzene rings is 1. The number of rotatable bonds is 5. The van der Waals surface area contributed by atoms with Gasteiger partial charge in [-0.15, -0.1) is 0 Å². The summed E-state index contributed by atoms with van der Waals surface area (Å²) >= 11 is 0. The first-order valence-electron chi connectivity index (χ1n) is 6.22. The number of nitrogens with one attached hydrogen (secondary N) is 1. The van der Waals surface area contributed by atoms with Gasteiger partial charge in [-0.25, -0.2) is 4.98 Å². The summed E-state index contributed by atoms with van der Waals surface area (Å²) in [6, 6.07) is 9.97. The summed E-state index contributed by atoms with van der Waals surface area (Å²) < 4.78 is 0. The molecule has 0 bridgehead atoms. The van der Waals surface area contributed by atoms with E-state index in [0.717, 1.165) is 5.56 Å². The zero-order valence-electron chi connectivity index (χ0n) is 11.4. The van der Waals surface area contributed by atoms with Crippen molar-refractivity contribution in [3.05, 3.63) is 57.6 Å². The van der Waals surface area contributed by atoms with Crippen LogP contribution in [-0.2, 0) is 6.54 Å². The Morgan fingerprint density at radius 1 is 1.29 bits per heavy atom. The van der Waals surface area contributed by atoms with Gasteiger partial charge >= 0.3 is 5.69 Å². The Bertz CT molecular complexity index is 683. The fourth-order valence-corrected chi connectivity index (χ4v) is 1.77. The summed E-state index contributed by atoms with van der Waals surface area (Å²) in [5.41, 5.74) is 6.90. The van der Waals surface area contributed by atoms with Crippen molar-refractivity contribution < 1.29 is 9.72 Å². The summed E-state index contributed by atoms with van der Waals surface area (Å²) in [6.07, 6.45) is 0. The number of aromatic nitrogens is 1. The number of pyridine rings is 1. The van der Waals surface area contributed by atoms with Crippen molar-refractivity contribution in [1.29, 1.82) is 0 Å². The number of carbonyl (C=O) groups excluding carboxylic acids is 1. The molecule has 0 fully saturated rings. The molecule has 0 amide bonds. The molecule has 7 heteroatoms. The highest BCUT2D eigenvalue weighted by molar-refractivity contribution is 5.94. The summed E-state index contributed by atoms with van der Waals surface area (Å²) in [4.78, 5) is 25.2. The summed E-state index contributed by atoms with van der Waals surface area (Å²) in [6.45, 7) is 1.99. The number of anilines is 2. The van der Waals surface area contributed by atoms with E-state index in [1.54, 1.807) is 12.1 Å². The molecule has 0 aliphatic carbocycles. The van der Waals surface area contributed by atoms with Crippen LogP contribution in [0.4, 0.5) is 17.3 Å². The lowest BCUT2D eigenvalue weighted by atomic mass is 10.1. The maximum atomic E-state index is 11.2. The van der Waals surface area contributed by atoms with Gasteiger partial charge in [0.15, 0.2) is 5.78 Å². The van der Waals surface area contributed by atoms with E-state index in [2.05, 4.69) is 10.3 Å². The Kier molecular flexibility index (Phi) is 4.13. The third-order valence-electron chi connectivity index (χ3n) is 2.93. The number of ketones is 1. The number of carbonyl (C=O) groups is 1. The van der Waals surface area contributed by atoms with Crippen LogP contribution in [0.1, 0.15) is 22.8 Å². The van der Waals surface area contributed by atoms with Crippen LogP contribution in [0.2, 0.25) is 0 Å². The van der Waals surface area contributed by atoms with Crippen molar-refractivity contribution in [2.75, 3.05) is 11.1 Å². The highest BCUT2D eigenvalue weighted by atomic mass is 16.6. The van der Waals surface area contributed by atoms with Gasteiger partial charge in [0.25, 0.3) is 0 Å². The van der Waals surface area contributed by atoms with E-state index < -0.39 is 4.92 Å². The third-order valence-corrected chi connectivity index (χ3v) is 2.93. The lowest BCUT2D eigenvalue weighted by molar-refractivity contribution is -0.384. The number of nitrogens with zero attached hydrogens (tertiary/aromatic N) is 2. The molecule has 2 rings (SSSR count). The van der Waals surface area contributed by atoms with Gasteiger partial charge in [0.05, 0.1) is 4.92 Å².